The highest BCUT2D eigenvalue weighted by Gasteiger charge is 2.23. The van der Waals surface area contributed by atoms with Crippen LogP contribution in [-0.4, -0.2) is 17.0 Å². The van der Waals surface area contributed by atoms with Crippen LogP contribution in [0, 0.1) is 10.1 Å². The number of nitrogens with one attached hydrogen (secondary N) is 1. The first kappa shape index (κ1) is 19.2. The summed E-state index contributed by atoms with van der Waals surface area (Å²) in [6.07, 6.45) is 0. The molecule has 1 aromatic heterocycles. The Hall–Kier alpha value is -4.13. The Morgan fingerprint density at radius 3 is 2.30 bits per heavy atom. The monoisotopic (exact) mass is 402 g/mol. The van der Waals surface area contributed by atoms with Gasteiger partial charge >= 0.3 is 5.69 Å². The molecule has 0 spiro atoms. The van der Waals surface area contributed by atoms with Gasteiger partial charge in [-0.15, -0.1) is 0 Å². The topological polar surface area (TPSA) is 94.5 Å². The number of nitrogens with zero attached hydrogens (tertiary/aromatic N) is 1. The van der Waals surface area contributed by atoms with Crippen LogP contribution in [0.25, 0.3) is 22.0 Å². The summed E-state index contributed by atoms with van der Waals surface area (Å²) in [4.78, 5) is 26.6. The first-order chi connectivity index (χ1) is 14.6. The van der Waals surface area contributed by atoms with Crippen molar-refractivity contribution in [2.24, 2.45) is 0 Å². The molecule has 0 fully saturated rings. The second kappa shape index (κ2) is 8.08. The van der Waals surface area contributed by atoms with E-state index in [-0.39, 0.29) is 22.2 Å². The van der Waals surface area contributed by atoms with Gasteiger partial charge in [0.25, 0.3) is 5.56 Å². The second-order valence-electron chi connectivity index (χ2n) is 6.65. The molecular formula is C23H18N2O5. The van der Waals surface area contributed by atoms with Gasteiger partial charge in [-0.05, 0) is 48.0 Å². The van der Waals surface area contributed by atoms with E-state index in [2.05, 4.69) is 4.98 Å². The van der Waals surface area contributed by atoms with Crippen molar-refractivity contribution in [2.75, 3.05) is 7.11 Å². The molecular weight excluding hydrogens is 384 g/mol. The molecule has 4 aromatic rings. The van der Waals surface area contributed by atoms with Crippen LogP contribution in [0.4, 0.5) is 5.69 Å². The molecule has 0 bridgehead atoms. The van der Waals surface area contributed by atoms with Crippen LogP contribution in [0.3, 0.4) is 0 Å². The minimum absolute atomic E-state index is 0.150. The average Bonchev–Trinajstić information content (AvgIpc) is 2.78. The summed E-state index contributed by atoms with van der Waals surface area (Å²) in [5.74, 6) is 1.08. The summed E-state index contributed by atoms with van der Waals surface area (Å²) >= 11 is 0. The molecule has 0 saturated carbocycles. The molecule has 0 unspecified atom stereocenters. The quantitative estimate of drug-likeness (QED) is 0.373. The summed E-state index contributed by atoms with van der Waals surface area (Å²) in [7, 11) is 1.47. The number of benzene rings is 3. The predicted molar refractivity (Wildman–Crippen MR) is 114 cm³/mol. The van der Waals surface area contributed by atoms with Gasteiger partial charge in [0.2, 0.25) is 0 Å². The lowest BCUT2D eigenvalue weighted by molar-refractivity contribution is -0.382. The van der Waals surface area contributed by atoms with Gasteiger partial charge in [0.1, 0.15) is 23.8 Å². The van der Waals surface area contributed by atoms with Crippen LogP contribution in [0.5, 0.6) is 11.5 Å². The number of H-pyrrole nitrogens is 1. The van der Waals surface area contributed by atoms with E-state index < -0.39 is 10.5 Å². The van der Waals surface area contributed by atoms with Gasteiger partial charge < -0.3 is 14.5 Å². The lowest BCUT2D eigenvalue weighted by Crippen LogP contribution is -2.10. The molecule has 7 nitrogen and oxygen atoms in total. The SMILES string of the molecule is COc1ccc2c([N+](=O)[O-])c(-c3ccc(OCc4ccccc4)cc3)[nH]c(=O)c2c1. The number of fused-ring (bicyclic) bond motifs is 1. The normalized spacial score (nSPS) is 10.7. The van der Waals surface area contributed by atoms with Crippen molar-refractivity contribution >= 4 is 16.5 Å². The Morgan fingerprint density at radius 1 is 0.933 bits per heavy atom. The molecule has 3 aromatic carbocycles. The summed E-state index contributed by atoms with van der Waals surface area (Å²) in [5.41, 5.74) is 1.12. The first-order valence-electron chi connectivity index (χ1n) is 9.22. The number of pyridine rings is 1. The largest absolute Gasteiger partial charge is 0.497 e. The van der Waals surface area contributed by atoms with Crippen LogP contribution < -0.4 is 15.0 Å². The van der Waals surface area contributed by atoms with Gasteiger partial charge in [-0.25, -0.2) is 0 Å². The van der Waals surface area contributed by atoms with Crippen molar-refractivity contribution in [2.45, 2.75) is 6.61 Å². The van der Waals surface area contributed by atoms with E-state index >= 15 is 0 Å². The maximum Gasteiger partial charge on any atom is 0.301 e. The number of aromatic amines is 1. The Bertz CT molecular complexity index is 1260. The first-order valence-corrected chi connectivity index (χ1v) is 9.22. The Balaban J connectivity index is 1.71. The van der Waals surface area contributed by atoms with E-state index in [9.17, 15) is 14.9 Å². The zero-order valence-corrected chi connectivity index (χ0v) is 16.1. The number of rotatable bonds is 6. The van der Waals surface area contributed by atoms with Gasteiger partial charge in [0.15, 0.2) is 0 Å². The zero-order valence-electron chi connectivity index (χ0n) is 16.1. The number of ether oxygens (including phenoxy) is 2. The molecule has 0 amide bonds. The molecule has 7 heteroatoms. The van der Waals surface area contributed by atoms with E-state index in [1.807, 2.05) is 30.3 Å². The molecule has 1 heterocycles. The van der Waals surface area contributed by atoms with Crippen molar-refractivity contribution in [3.05, 3.63) is 98.8 Å². The molecule has 0 radical (unpaired) electrons. The lowest BCUT2D eigenvalue weighted by atomic mass is 10.0. The van der Waals surface area contributed by atoms with Crippen molar-refractivity contribution in [3.8, 4) is 22.8 Å². The van der Waals surface area contributed by atoms with Gasteiger partial charge in [0.05, 0.1) is 22.8 Å². The van der Waals surface area contributed by atoms with E-state index in [0.717, 1.165) is 5.56 Å². The van der Waals surface area contributed by atoms with E-state index in [1.165, 1.54) is 19.2 Å². The van der Waals surface area contributed by atoms with Crippen LogP contribution >= 0.6 is 0 Å². The molecule has 30 heavy (non-hydrogen) atoms. The molecule has 150 valence electrons. The van der Waals surface area contributed by atoms with Gasteiger partial charge in [-0.2, -0.15) is 0 Å². The number of hydrogen-bond donors (Lipinski definition) is 1. The van der Waals surface area contributed by atoms with Gasteiger partial charge in [0, 0.05) is 5.56 Å². The molecule has 0 saturated heterocycles. The summed E-state index contributed by atoms with van der Waals surface area (Å²) in [6, 6.07) is 21.2. The van der Waals surface area contributed by atoms with Crippen LogP contribution in [0.1, 0.15) is 5.56 Å². The Morgan fingerprint density at radius 2 is 1.63 bits per heavy atom. The Labute approximate surface area is 171 Å². The fourth-order valence-corrected chi connectivity index (χ4v) is 3.28. The van der Waals surface area contributed by atoms with Crippen molar-refractivity contribution < 1.29 is 14.4 Å². The fraction of sp³-hybridized carbons (Fsp3) is 0.0870. The standard InChI is InChI=1S/C23H18N2O5/c1-29-18-11-12-19-20(13-18)23(26)24-21(22(19)25(27)28)16-7-9-17(10-8-16)30-14-15-5-3-2-4-6-15/h2-13H,14H2,1H3,(H,24,26). The third-order valence-electron chi connectivity index (χ3n) is 4.78. The van der Waals surface area contributed by atoms with Gasteiger partial charge in [-0.1, -0.05) is 30.3 Å². The third kappa shape index (κ3) is 3.73. The highest BCUT2D eigenvalue weighted by atomic mass is 16.6. The smallest absolute Gasteiger partial charge is 0.301 e. The highest BCUT2D eigenvalue weighted by Crippen LogP contribution is 2.35. The lowest BCUT2D eigenvalue weighted by Gasteiger charge is -2.09. The maximum absolute atomic E-state index is 12.6. The molecule has 1 N–H and O–H groups in total. The van der Waals surface area contributed by atoms with Crippen molar-refractivity contribution in [1.29, 1.82) is 0 Å². The highest BCUT2D eigenvalue weighted by molar-refractivity contribution is 5.96. The second-order valence-corrected chi connectivity index (χ2v) is 6.65. The van der Waals surface area contributed by atoms with Gasteiger partial charge in [-0.3, -0.25) is 14.9 Å². The summed E-state index contributed by atoms with van der Waals surface area (Å²) in [6.45, 7) is 0.412. The molecule has 4 rings (SSSR count). The number of methoxy groups -OCH3 is 1. The summed E-state index contributed by atoms with van der Waals surface area (Å²) in [5, 5.41) is 12.3. The molecule has 0 atom stereocenters. The van der Waals surface area contributed by atoms with E-state index in [1.54, 1.807) is 30.3 Å². The molecule has 0 aliphatic carbocycles. The maximum atomic E-state index is 12.6. The van der Waals surface area contributed by atoms with Crippen molar-refractivity contribution in [1.82, 2.24) is 4.98 Å². The predicted octanol–water partition coefficient (Wildman–Crippen LogP) is 4.69. The minimum atomic E-state index is -0.486. The minimum Gasteiger partial charge on any atom is -0.497 e. The number of nitro groups is 1. The average molecular weight is 402 g/mol. The molecule has 0 aliphatic rings. The zero-order chi connectivity index (χ0) is 21.1. The number of hydrogen-bond acceptors (Lipinski definition) is 5. The summed E-state index contributed by atoms with van der Waals surface area (Å²) < 4.78 is 10.9. The van der Waals surface area contributed by atoms with Crippen LogP contribution in [0.2, 0.25) is 0 Å². The van der Waals surface area contributed by atoms with Crippen LogP contribution in [0.15, 0.2) is 77.6 Å². The van der Waals surface area contributed by atoms with E-state index in [0.29, 0.717) is 23.7 Å². The van der Waals surface area contributed by atoms with Crippen molar-refractivity contribution in [3.63, 3.8) is 0 Å². The molecule has 0 aliphatic heterocycles. The third-order valence-corrected chi connectivity index (χ3v) is 4.78. The number of aromatic nitrogens is 1. The Kier molecular flexibility index (Phi) is 5.17. The van der Waals surface area contributed by atoms with E-state index in [4.69, 9.17) is 9.47 Å². The fourth-order valence-electron chi connectivity index (χ4n) is 3.28. The van der Waals surface area contributed by atoms with Crippen LogP contribution in [-0.2, 0) is 6.61 Å².